The van der Waals surface area contributed by atoms with Crippen LogP contribution in [-0.4, -0.2) is 41.9 Å². The van der Waals surface area contributed by atoms with Gasteiger partial charge < -0.3 is 19.8 Å². The van der Waals surface area contributed by atoms with Gasteiger partial charge in [-0.3, -0.25) is 4.79 Å². The van der Waals surface area contributed by atoms with Gasteiger partial charge in [-0.2, -0.15) is 13.2 Å². The number of halogens is 4. The molecule has 0 aromatic heterocycles. The van der Waals surface area contributed by atoms with E-state index in [1.54, 1.807) is 30.3 Å². The summed E-state index contributed by atoms with van der Waals surface area (Å²) in [5.74, 6) is -5.36. The van der Waals surface area contributed by atoms with E-state index in [4.69, 9.17) is 4.74 Å². The van der Waals surface area contributed by atoms with Crippen molar-refractivity contribution < 1.29 is 42.1 Å². The van der Waals surface area contributed by atoms with Gasteiger partial charge in [0.1, 0.15) is 0 Å². The highest BCUT2D eigenvalue weighted by Crippen LogP contribution is 2.52. The maximum atomic E-state index is 14.9. The number of carboxylic acid groups (broad SMARTS) is 1. The number of aromatic carboxylic acids is 1. The van der Waals surface area contributed by atoms with E-state index >= 15 is 0 Å². The van der Waals surface area contributed by atoms with Crippen molar-refractivity contribution in [1.29, 1.82) is 0 Å². The number of ether oxygens (including phenoxy) is 1. The summed E-state index contributed by atoms with van der Waals surface area (Å²) in [6.45, 7) is 0.603. The maximum Gasteiger partial charge on any atom is 0.422 e. The molecule has 2 N–H and O–H groups in total. The number of carbonyl (C=O) groups is 2. The van der Waals surface area contributed by atoms with Crippen molar-refractivity contribution in [3.63, 3.8) is 0 Å². The predicted octanol–water partition coefficient (Wildman–Crippen LogP) is 5.10. The summed E-state index contributed by atoms with van der Waals surface area (Å²) in [6, 6.07) is 13.4. The van der Waals surface area contributed by atoms with Crippen molar-refractivity contribution in [1.82, 2.24) is 0 Å². The molecule has 188 valence electrons. The molecule has 0 aliphatic carbocycles. The number of amides is 1. The van der Waals surface area contributed by atoms with E-state index in [1.807, 2.05) is 0 Å². The van der Waals surface area contributed by atoms with Crippen LogP contribution in [0.1, 0.15) is 34.3 Å². The number of carboxylic acids is 1. The SMILES string of the molecule is CC(c1cc(C(=O)O)ccc1-c1ccccc1)C(O)(c1cc(F)c2c(c1)N(C)C(=O)CO2)C(F)(F)F. The van der Waals surface area contributed by atoms with Gasteiger partial charge in [0.15, 0.2) is 23.8 Å². The molecule has 1 aliphatic rings. The first kappa shape index (κ1) is 25.2. The van der Waals surface area contributed by atoms with Gasteiger partial charge in [0.2, 0.25) is 0 Å². The molecule has 2 atom stereocenters. The van der Waals surface area contributed by atoms with E-state index in [0.717, 1.165) is 24.0 Å². The van der Waals surface area contributed by atoms with E-state index in [0.29, 0.717) is 11.6 Å². The van der Waals surface area contributed by atoms with Crippen molar-refractivity contribution in [2.45, 2.75) is 24.6 Å². The normalized spacial score (nSPS) is 16.1. The molecular weight excluding hydrogens is 482 g/mol. The van der Waals surface area contributed by atoms with Crippen molar-refractivity contribution in [3.05, 3.63) is 83.2 Å². The Morgan fingerprint density at radius 3 is 2.36 bits per heavy atom. The Hall–Kier alpha value is -3.92. The number of alkyl halides is 3. The number of rotatable bonds is 5. The standard InChI is InChI=1S/C26H21F4NO5/c1-14(19-10-16(24(33)34)8-9-18(19)15-6-4-3-5-7-15)25(35,26(28,29)30)17-11-20(27)23-21(12-17)31(2)22(32)13-36-23/h3-12,14,35H,13H2,1-2H3,(H,33,34). The first-order valence-corrected chi connectivity index (χ1v) is 10.8. The van der Waals surface area contributed by atoms with E-state index in [2.05, 4.69) is 0 Å². The molecule has 4 rings (SSSR count). The molecule has 1 aliphatic heterocycles. The van der Waals surface area contributed by atoms with Crippen LogP contribution in [0, 0.1) is 5.82 Å². The first-order valence-electron chi connectivity index (χ1n) is 10.8. The van der Waals surface area contributed by atoms with Crippen LogP contribution in [-0.2, 0) is 10.4 Å². The zero-order chi connectivity index (χ0) is 26.4. The van der Waals surface area contributed by atoms with Crippen molar-refractivity contribution in [3.8, 4) is 16.9 Å². The minimum absolute atomic E-state index is 0.111. The molecule has 0 radical (unpaired) electrons. The summed E-state index contributed by atoms with van der Waals surface area (Å²) in [6.07, 6.45) is -5.32. The van der Waals surface area contributed by atoms with E-state index in [-0.39, 0.29) is 22.4 Å². The number of fused-ring (bicyclic) bond motifs is 1. The molecule has 3 aromatic rings. The lowest BCUT2D eigenvalue weighted by atomic mass is 9.75. The molecule has 1 heterocycles. The van der Waals surface area contributed by atoms with Crippen LogP contribution >= 0.6 is 0 Å². The van der Waals surface area contributed by atoms with Gasteiger partial charge in [-0.1, -0.05) is 43.3 Å². The number of nitrogens with zero attached hydrogens (tertiary/aromatic N) is 1. The van der Waals surface area contributed by atoms with Crippen LogP contribution in [0.3, 0.4) is 0 Å². The third-order valence-electron chi connectivity index (χ3n) is 6.45. The van der Waals surface area contributed by atoms with Crippen molar-refractivity contribution in [2.24, 2.45) is 0 Å². The molecule has 3 aromatic carbocycles. The molecule has 6 nitrogen and oxygen atoms in total. The number of anilines is 1. The average molecular weight is 503 g/mol. The zero-order valence-corrected chi connectivity index (χ0v) is 19.1. The fourth-order valence-electron chi connectivity index (χ4n) is 4.37. The Bertz CT molecular complexity index is 1340. The quantitative estimate of drug-likeness (QED) is 0.473. The molecule has 1 amide bonds. The topological polar surface area (TPSA) is 87.1 Å². The van der Waals surface area contributed by atoms with Crippen molar-refractivity contribution >= 4 is 17.6 Å². The summed E-state index contributed by atoms with van der Waals surface area (Å²) in [4.78, 5) is 24.6. The van der Waals surface area contributed by atoms with Crippen LogP contribution in [0.5, 0.6) is 5.75 Å². The largest absolute Gasteiger partial charge is 0.478 e. The Morgan fingerprint density at radius 2 is 1.75 bits per heavy atom. The first-order chi connectivity index (χ1) is 16.9. The van der Waals surface area contributed by atoms with Gasteiger partial charge in [-0.05, 0) is 46.5 Å². The van der Waals surface area contributed by atoms with Crippen LogP contribution < -0.4 is 9.64 Å². The van der Waals surface area contributed by atoms with Gasteiger partial charge >= 0.3 is 12.1 Å². The minimum Gasteiger partial charge on any atom is -0.478 e. The number of carbonyl (C=O) groups excluding carboxylic acids is 1. The fraction of sp³-hybridized carbons (Fsp3) is 0.231. The number of hydrogen-bond donors (Lipinski definition) is 2. The van der Waals surface area contributed by atoms with Crippen molar-refractivity contribution in [2.75, 3.05) is 18.6 Å². The summed E-state index contributed by atoms with van der Waals surface area (Å²) in [7, 11) is 1.26. The molecule has 2 unspecified atom stereocenters. The lowest BCUT2D eigenvalue weighted by Crippen LogP contribution is -2.47. The maximum absolute atomic E-state index is 14.9. The Balaban J connectivity index is 1.97. The number of hydrogen-bond acceptors (Lipinski definition) is 4. The molecule has 36 heavy (non-hydrogen) atoms. The smallest absolute Gasteiger partial charge is 0.422 e. The zero-order valence-electron chi connectivity index (χ0n) is 19.1. The molecule has 0 spiro atoms. The van der Waals surface area contributed by atoms with Crippen LogP contribution in [0.2, 0.25) is 0 Å². The summed E-state index contributed by atoms with van der Waals surface area (Å²) < 4.78 is 63.9. The number of likely N-dealkylation sites (N-methyl/N-ethyl adjacent to an activating group) is 1. The Kier molecular flexibility index (Phi) is 6.25. The van der Waals surface area contributed by atoms with Crippen LogP contribution in [0.15, 0.2) is 60.7 Å². The molecule has 10 heteroatoms. The van der Waals surface area contributed by atoms with Crippen LogP contribution in [0.4, 0.5) is 23.2 Å². The minimum atomic E-state index is -5.32. The second-order valence-electron chi connectivity index (χ2n) is 8.51. The number of benzene rings is 3. The molecule has 0 saturated heterocycles. The van der Waals surface area contributed by atoms with Gasteiger partial charge in [-0.15, -0.1) is 0 Å². The third-order valence-corrected chi connectivity index (χ3v) is 6.45. The molecule has 0 bridgehead atoms. The van der Waals surface area contributed by atoms with Gasteiger partial charge in [-0.25, -0.2) is 9.18 Å². The highest BCUT2D eigenvalue weighted by atomic mass is 19.4. The number of aliphatic hydroxyl groups is 1. The van der Waals surface area contributed by atoms with Gasteiger partial charge in [0.05, 0.1) is 11.3 Å². The van der Waals surface area contributed by atoms with Crippen LogP contribution in [0.25, 0.3) is 11.1 Å². The summed E-state index contributed by atoms with van der Waals surface area (Å²) in [5, 5.41) is 20.8. The average Bonchev–Trinajstić information content (AvgIpc) is 2.84. The third kappa shape index (κ3) is 4.07. The van der Waals surface area contributed by atoms with E-state index < -0.39 is 53.3 Å². The molecule has 0 saturated carbocycles. The Morgan fingerprint density at radius 1 is 1.08 bits per heavy atom. The highest BCUT2D eigenvalue weighted by Gasteiger charge is 2.59. The highest BCUT2D eigenvalue weighted by molar-refractivity contribution is 5.97. The fourth-order valence-corrected chi connectivity index (χ4v) is 4.37. The molecule has 0 fully saturated rings. The molecular formula is C26H21F4NO5. The predicted molar refractivity (Wildman–Crippen MR) is 123 cm³/mol. The van der Waals surface area contributed by atoms with Gasteiger partial charge in [0.25, 0.3) is 5.91 Å². The summed E-state index contributed by atoms with van der Waals surface area (Å²) in [5.41, 5.74) is -4.41. The van der Waals surface area contributed by atoms with E-state index in [9.17, 15) is 37.4 Å². The van der Waals surface area contributed by atoms with E-state index in [1.165, 1.54) is 19.2 Å². The summed E-state index contributed by atoms with van der Waals surface area (Å²) >= 11 is 0. The second kappa shape index (κ2) is 8.94. The van der Waals surface area contributed by atoms with Gasteiger partial charge in [0, 0.05) is 13.0 Å². The second-order valence-corrected chi connectivity index (χ2v) is 8.51. The lowest BCUT2D eigenvalue weighted by molar-refractivity contribution is -0.274. The Labute approximate surface area is 203 Å². The monoisotopic (exact) mass is 503 g/mol. The lowest BCUT2D eigenvalue weighted by Gasteiger charge is -2.38.